The van der Waals surface area contributed by atoms with Crippen molar-refractivity contribution in [2.45, 2.75) is 19.8 Å². The Morgan fingerprint density at radius 2 is 2.12 bits per heavy atom. The molecule has 2 N–H and O–H groups in total. The zero-order valence-electron chi connectivity index (χ0n) is 9.17. The molecule has 88 valence electrons. The van der Waals surface area contributed by atoms with E-state index in [4.69, 9.17) is 5.73 Å². The van der Waals surface area contributed by atoms with E-state index < -0.39 is 11.6 Å². The molecule has 16 heavy (non-hydrogen) atoms. The van der Waals surface area contributed by atoms with Gasteiger partial charge in [-0.25, -0.2) is 8.78 Å². The van der Waals surface area contributed by atoms with Gasteiger partial charge in [0, 0.05) is 12.8 Å². The van der Waals surface area contributed by atoms with Gasteiger partial charge < -0.3 is 5.73 Å². The van der Waals surface area contributed by atoms with Gasteiger partial charge in [-0.2, -0.15) is 0 Å². The molecule has 1 atom stereocenters. The standard InChI is InChI=1S/C12H15F2NO/c1-8(7-15)4-11(16)6-9-5-10(13)2-3-12(9)14/h2-3,5,8H,4,6-7,15H2,1H3. The van der Waals surface area contributed by atoms with Crippen molar-refractivity contribution in [3.05, 3.63) is 35.4 Å². The van der Waals surface area contributed by atoms with E-state index in [1.165, 1.54) is 0 Å². The lowest BCUT2D eigenvalue weighted by atomic mass is 9.99. The van der Waals surface area contributed by atoms with Gasteiger partial charge in [0.05, 0.1) is 0 Å². The maximum Gasteiger partial charge on any atom is 0.137 e. The summed E-state index contributed by atoms with van der Waals surface area (Å²) >= 11 is 0. The van der Waals surface area contributed by atoms with Crippen molar-refractivity contribution in [1.82, 2.24) is 0 Å². The third-order valence-electron chi connectivity index (χ3n) is 2.37. The van der Waals surface area contributed by atoms with E-state index >= 15 is 0 Å². The largest absolute Gasteiger partial charge is 0.330 e. The molecule has 2 nitrogen and oxygen atoms in total. The lowest BCUT2D eigenvalue weighted by molar-refractivity contribution is -0.119. The smallest absolute Gasteiger partial charge is 0.137 e. The van der Waals surface area contributed by atoms with Crippen LogP contribution in [0.2, 0.25) is 0 Å². The fourth-order valence-corrected chi connectivity index (χ4v) is 1.44. The summed E-state index contributed by atoms with van der Waals surface area (Å²) in [7, 11) is 0. The Morgan fingerprint density at radius 3 is 2.75 bits per heavy atom. The van der Waals surface area contributed by atoms with E-state index in [9.17, 15) is 13.6 Å². The molecule has 4 heteroatoms. The van der Waals surface area contributed by atoms with E-state index in [0.29, 0.717) is 13.0 Å². The second kappa shape index (κ2) is 5.70. The maximum absolute atomic E-state index is 13.2. The van der Waals surface area contributed by atoms with Crippen LogP contribution in [0.3, 0.4) is 0 Å². The Morgan fingerprint density at radius 1 is 1.44 bits per heavy atom. The fourth-order valence-electron chi connectivity index (χ4n) is 1.44. The van der Waals surface area contributed by atoms with Gasteiger partial charge in [-0.1, -0.05) is 6.92 Å². The van der Waals surface area contributed by atoms with Crippen LogP contribution in [0.4, 0.5) is 8.78 Å². The number of ketones is 1. The average Bonchev–Trinajstić information content (AvgIpc) is 2.23. The molecular weight excluding hydrogens is 212 g/mol. The van der Waals surface area contributed by atoms with Gasteiger partial charge in [-0.05, 0) is 36.2 Å². The van der Waals surface area contributed by atoms with Gasteiger partial charge in [0.15, 0.2) is 0 Å². The first-order chi connectivity index (χ1) is 7.52. The van der Waals surface area contributed by atoms with Gasteiger partial charge in [0.1, 0.15) is 17.4 Å². The highest BCUT2D eigenvalue weighted by atomic mass is 19.1. The molecule has 0 aliphatic carbocycles. The van der Waals surface area contributed by atoms with Gasteiger partial charge in [-0.3, -0.25) is 4.79 Å². The monoisotopic (exact) mass is 227 g/mol. The van der Waals surface area contributed by atoms with Crippen LogP contribution < -0.4 is 5.73 Å². The van der Waals surface area contributed by atoms with Crippen LogP contribution in [-0.4, -0.2) is 12.3 Å². The van der Waals surface area contributed by atoms with Crippen molar-refractivity contribution in [1.29, 1.82) is 0 Å². The lowest BCUT2D eigenvalue weighted by Crippen LogP contribution is -2.16. The van der Waals surface area contributed by atoms with Crippen molar-refractivity contribution >= 4 is 5.78 Å². The number of benzene rings is 1. The highest BCUT2D eigenvalue weighted by molar-refractivity contribution is 5.81. The summed E-state index contributed by atoms with van der Waals surface area (Å²) < 4.78 is 26.0. The number of rotatable bonds is 5. The minimum absolute atomic E-state index is 0.0733. The van der Waals surface area contributed by atoms with Crippen molar-refractivity contribution in [3.8, 4) is 0 Å². The summed E-state index contributed by atoms with van der Waals surface area (Å²) in [5, 5.41) is 0. The normalized spacial score (nSPS) is 12.5. The van der Waals surface area contributed by atoms with Gasteiger partial charge in [-0.15, -0.1) is 0 Å². The van der Waals surface area contributed by atoms with E-state index in [-0.39, 0.29) is 23.7 Å². The topological polar surface area (TPSA) is 43.1 Å². The van der Waals surface area contributed by atoms with E-state index in [1.54, 1.807) is 0 Å². The highest BCUT2D eigenvalue weighted by Crippen LogP contribution is 2.12. The summed E-state index contributed by atoms with van der Waals surface area (Å²) in [6, 6.07) is 3.12. The molecule has 0 amide bonds. The number of hydrogen-bond donors (Lipinski definition) is 1. The molecule has 0 aromatic heterocycles. The third kappa shape index (κ3) is 3.70. The second-order valence-electron chi connectivity index (χ2n) is 4.00. The average molecular weight is 227 g/mol. The summed E-state index contributed by atoms with van der Waals surface area (Å²) in [5.74, 6) is -1.13. The summed E-state index contributed by atoms with van der Waals surface area (Å²) in [6.45, 7) is 2.26. The van der Waals surface area contributed by atoms with Crippen molar-refractivity contribution < 1.29 is 13.6 Å². The van der Waals surface area contributed by atoms with Crippen LogP contribution in [0.15, 0.2) is 18.2 Å². The first-order valence-electron chi connectivity index (χ1n) is 5.18. The minimum atomic E-state index is -0.546. The maximum atomic E-state index is 13.2. The van der Waals surface area contributed by atoms with Gasteiger partial charge in [0.2, 0.25) is 0 Å². The van der Waals surface area contributed by atoms with Gasteiger partial charge in [0.25, 0.3) is 0 Å². The number of halogens is 2. The number of nitrogens with two attached hydrogens (primary N) is 1. The number of Topliss-reactive ketones (excluding diaryl/α,β-unsaturated/α-hetero) is 1. The molecule has 0 aliphatic heterocycles. The second-order valence-corrected chi connectivity index (χ2v) is 4.00. The van der Waals surface area contributed by atoms with Crippen molar-refractivity contribution in [2.24, 2.45) is 11.7 Å². The SMILES string of the molecule is CC(CN)CC(=O)Cc1cc(F)ccc1F. The molecule has 0 spiro atoms. The number of carbonyl (C=O) groups is 1. The first-order valence-corrected chi connectivity index (χ1v) is 5.18. The summed E-state index contributed by atoms with van der Waals surface area (Å²) in [4.78, 5) is 11.5. The fraction of sp³-hybridized carbons (Fsp3) is 0.417. The molecule has 0 fully saturated rings. The third-order valence-corrected chi connectivity index (χ3v) is 2.37. The van der Waals surface area contributed by atoms with E-state index in [1.807, 2.05) is 6.92 Å². The summed E-state index contributed by atoms with van der Waals surface area (Å²) in [6.07, 6.45) is 0.223. The molecule has 0 heterocycles. The number of carbonyl (C=O) groups excluding carboxylic acids is 1. The predicted molar refractivity (Wildman–Crippen MR) is 57.9 cm³/mol. The Balaban J connectivity index is 2.65. The van der Waals surface area contributed by atoms with Gasteiger partial charge >= 0.3 is 0 Å². The van der Waals surface area contributed by atoms with Crippen LogP contribution >= 0.6 is 0 Å². The van der Waals surface area contributed by atoms with E-state index in [0.717, 1.165) is 18.2 Å². The van der Waals surface area contributed by atoms with E-state index in [2.05, 4.69) is 0 Å². The highest BCUT2D eigenvalue weighted by Gasteiger charge is 2.12. The Bertz CT molecular complexity index is 379. The Labute approximate surface area is 93.5 Å². The van der Waals surface area contributed by atoms with Crippen molar-refractivity contribution in [2.75, 3.05) is 6.54 Å². The van der Waals surface area contributed by atoms with Crippen LogP contribution in [-0.2, 0) is 11.2 Å². The predicted octanol–water partition coefficient (Wildman–Crippen LogP) is 2.06. The molecule has 0 radical (unpaired) electrons. The zero-order chi connectivity index (χ0) is 12.1. The molecule has 0 saturated heterocycles. The molecule has 1 unspecified atom stereocenters. The first kappa shape index (κ1) is 12.8. The van der Waals surface area contributed by atoms with Crippen LogP contribution in [0, 0.1) is 17.6 Å². The number of hydrogen-bond acceptors (Lipinski definition) is 2. The van der Waals surface area contributed by atoms with Crippen LogP contribution in [0.1, 0.15) is 18.9 Å². The van der Waals surface area contributed by atoms with Crippen molar-refractivity contribution in [3.63, 3.8) is 0 Å². The molecular formula is C12H15F2NO. The molecule has 1 aromatic rings. The molecule has 1 aromatic carbocycles. The van der Waals surface area contributed by atoms with Crippen LogP contribution in [0.5, 0.6) is 0 Å². The quantitative estimate of drug-likeness (QED) is 0.836. The van der Waals surface area contributed by atoms with Crippen LogP contribution in [0.25, 0.3) is 0 Å². The molecule has 0 bridgehead atoms. The molecule has 0 saturated carbocycles. The molecule has 1 rings (SSSR count). The minimum Gasteiger partial charge on any atom is -0.330 e. The molecule has 0 aliphatic rings. The Hall–Kier alpha value is -1.29. The zero-order valence-corrected chi connectivity index (χ0v) is 9.17. The summed E-state index contributed by atoms with van der Waals surface area (Å²) in [5.41, 5.74) is 5.49. The Kier molecular flexibility index (Phi) is 4.55. The lowest BCUT2D eigenvalue weighted by Gasteiger charge is -2.07.